The monoisotopic (exact) mass is 197 g/mol. The van der Waals surface area contributed by atoms with Gasteiger partial charge >= 0.3 is 0 Å². The fourth-order valence-electron chi connectivity index (χ4n) is 1.24. The summed E-state index contributed by atoms with van der Waals surface area (Å²) in [6.45, 7) is 6.53. The fraction of sp³-hybridized carbons (Fsp3) is 0.636. The normalized spacial score (nSPS) is 15.4. The Morgan fingerprint density at radius 1 is 1.50 bits per heavy atom. The molecule has 0 aromatic carbocycles. The van der Waals surface area contributed by atoms with Gasteiger partial charge in [-0.15, -0.1) is 0 Å². The van der Waals surface area contributed by atoms with Crippen molar-refractivity contribution in [3.05, 3.63) is 23.7 Å². The molecule has 0 fully saturated rings. The molecule has 0 bridgehead atoms. The van der Waals surface area contributed by atoms with E-state index in [2.05, 4.69) is 5.32 Å². The topological polar surface area (TPSA) is 45.4 Å². The van der Waals surface area contributed by atoms with Crippen LogP contribution >= 0.6 is 0 Å². The summed E-state index contributed by atoms with van der Waals surface area (Å²) < 4.78 is 5.47. The summed E-state index contributed by atoms with van der Waals surface area (Å²) in [6, 6.07) is 4.07. The molecule has 1 heterocycles. The first-order valence-corrected chi connectivity index (χ1v) is 5.11. The van der Waals surface area contributed by atoms with E-state index in [1.165, 1.54) is 0 Å². The van der Waals surface area contributed by atoms with Gasteiger partial charge in [0, 0.05) is 6.54 Å². The van der Waals surface area contributed by atoms with Gasteiger partial charge < -0.3 is 14.8 Å². The maximum absolute atomic E-state index is 9.37. The number of furan rings is 1. The highest BCUT2D eigenvalue weighted by atomic mass is 16.3. The highest BCUT2D eigenvalue weighted by molar-refractivity contribution is 5.08. The minimum Gasteiger partial charge on any atom is -0.465 e. The van der Waals surface area contributed by atoms with Crippen molar-refractivity contribution in [3.8, 4) is 0 Å². The largest absolute Gasteiger partial charge is 0.465 e. The molecule has 0 aliphatic rings. The Morgan fingerprint density at radius 2 is 2.21 bits per heavy atom. The van der Waals surface area contributed by atoms with E-state index in [9.17, 15) is 5.11 Å². The van der Waals surface area contributed by atoms with Crippen molar-refractivity contribution in [1.29, 1.82) is 0 Å². The number of nitrogens with one attached hydrogen (secondary N) is 1. The van der Waals surface area contributed by atoms with Gasteiger partial charge in [-0.25, -0.2) is 0 Å². The van der Waals surface area contributed by atoms with E-state index < -0.39 is 0 Å². The van der Waals surface area contributed by atoms with Gasteiger partial charge in [0.25, 0.3) is 0 Å². The van der Waals surface area contributed by atoms with E-state index in [1.54, 1.807) is 0 Å². The number of aliphatic hydroxyl groups excluding tert-OH is 1. The second-order valence-electron chi connectivity index (χ2n) is 3.64. The first-order valence-electron chi connectivity index (χ1n) is 5.11. The molecule has 2 N–H and O–H groups in total. The maximum Gasteiger partial charge on any atom is 0.120 e. The predicted molar refractivity (Wildman–Crippen MR) is 56.2 cm³/mol. The van der Waals surface area contributed by atoms with Gasteiger partial charge in [0.2, 0.25) is 0 Å². The van der Waals surface area contributed by atoms with Crippen LogP contribution in [0.25, 0.3) is 0 Å². The lowest BCUT2D eigenvalue weighted by atomic mass is 10.2. The lowest BCUT2D eigenvalue weighted by Crippen LogP contribution is -2.28. The Kier molecular flexibility index (Phi) is 4.17. The quantitative estimate of drug-likeness (QED) is 0.759. The molecule has 1 rings (SSSR count). The number of rotatable bonds is 5. The van der Waals surface area contributed by atoms with Crippen LogP contribution in [-0.4, -0.2) is 17.8 Å². The summed E-state index contributed by atoms with van der Waals surface area (Å²) in [4.78, 5) is 0. The second-order valence-corrected chi connectivity index (χ2v) is 3.64. The molecule has 0 aliphatic carbocycles. The second kappa shape index (κ2) is 5.17. The molecule has 3 nitrogen and oxygen atoms in total. The zero-order valence-corrected chi connectivity index (χ0v) is 9.08. The van der Waals surface area contributed by atoms with Crippen molar-refractivity contribution in [2.24, 2.45) is 0 Å². The molecule has 0 saturated heterocycles. The van der Waals surface area contributed by atoms with Crippen molar-refractivity contribution in [2.75, 3.05) is 6.54 Å². The lowest BCUT2D eigenvalue weighted by Gasteiger charge is -2.14. The highest BCUT2D eigenvalue weighted by Gasteiger charge is 2.10. The summed E-state index contributed by atoms with van der Waals surface area (Å²) in [5.74, 6) is 1.84. The molecule has 0 radical (unpaired) electrons. The van der Waals surface area contributed by atoms with Gasteiger partial charge in [-0.1, -0.05) is 6.92 Å². The molecule has 0 amide bonds. The molecule has 1 aromatic rings. The number of aliphatic hydroxyl groups is 1. The first kappa shape index (κ1) is 11.3. The molecular formula is C11H19NO2. The van der Waals surface area contributed by atoms with Crippen LogP contribution < -0.4 is 5.32 Å². The molecule has 1 aromatic heterocycles. The summed E-state index contributed by atoms with van der Waals surface area (Å²) in [5, 5.41) is 12.6. The molecule has 2 atom stereocenters. The minimum atomic E-state index is -0.270. The van der Waals surface area contributed by atoms with Gasteiger partial charge in [-0.3, -0.25) is 0 Å². The number of hydrogen-bond donors (Lipinski definition) is 2. The summed E-state index contributed by atoms with van der Waals surface area (Å²) >= 11 is 0. The molecule has 3 heteroatoms. The smallest absolute Gasteiger partial charge is 0.120 e. The summed E-state index contributed by atoms with van der Waals surface area (Å²) in [7, 11) is 0. The molecule has 2 unspecified atom stereocenters. The minimum absolute atomic E-state index is 0.157. The van der Waals surface area contributed by atoms with E-state index >= 15 is 0 Å². The van der Waals surface area contributed by atoms with E-state index in [0.29, 0.717) is 6.54 Å². The van der Waals surface area contributed by atoms with Crippen LogP contribution in [0.4, 0.5) is 0 Å². The SMILES string of the molecule is CCC(O)CNC(C)c1ccc(C)o1. The van der Waals surface area contributed by atoms with E-state index in [0.717, 1.165) is 17.9 Å². The van der Waals surface area contributed by atoms with Crippen LogP contribution in [0.3, 0.4) is 0 Å². The third-order valence-electron chi connectivity index (χ3n) is 2.32. The zero-order valence-electron chi connectivity index (χ0n) is 9.08. The average molecular weight is 197 g/mol. The summed E-state index contributed by atoms with van der Waals surface area (Å²) in [5.41, 5.74) is 0. The Labute approximate surface area is 85.1 Å². The molecule has 0 aliphatic heterocycles. The van der Waals surface area contributed by atoms with Crippen molar-refractivity contribution >= 4 is 0 Å². The van der Waals surface area contributed by atoms with Crippen LogP contribution in [0.15, 0.2) is 16.5 Å². The van der Waals surface area contributed by atoms with Gasteiger partial charge in [-0.2, -0.15) is 0 Å². The lowest BCUT2D eigenvalue weighted by molar-refractivity contribution is 0.162. The van der Waals surface area contributed by atoms with Gasteiger partial charge in [-0.05, 0) is 32.4 Å². The van der Waals surface area contributed by atoms with Crippen LogP contribution in [0.1, 0.15) is 37.8 Å². The molecule has 80 valence electrons. The zero-order chi connectivity index (χ0) is 10.6. The Bertz CT molecular complexity index is 270. The molecule has 0 saturated carbocycles. The Balaban J connectivity index is 2.39. The first-order chi connectivity index (χ1) is 6.63. The van der Waals surface area contributed by atoms with Crippen molar-refractivity contribution in [2.45, 2.75) is 39.3 Å². The molecular weight excluding hydrogens is 178 g/mol. The Hall–Kier alpha value is -0.800. The fourth-order valence-corrected chi connectivity index (χ4v) is 1.24. The van der Waals surface area contributed by atoms with E-state index in [4.69, 9.17) is 4.42 Å². The third kappa shape index (κ3) is 3.16. The van der Waals surface area contributed by atoms with Crippen molar-refractivity contribution < 1.29 is 9.52 Å². The van der Waals surface area contributed by atoms with Crippen LogP contribution in [0, 0.1) is 6.92 Å². The van der Waals surface area contributed by atoms with Crippen molar-refractivity contribution in [3.63, 3.8) is 0 Å². The third-order valence-corrected chi connectivity index (χ3v) is 2.32. The molecule has 0 spiro atoms. The van der Waals surface area contributed by atoms with Crippen LogP contribution in [0.2, 0.25) is 0 Å². The summed E-state index contributed by atoms with van der Waals surface area (Å²) in [6.07, 6.45) is 0.505. The van der Waals surface area contributed by atoms with Gasteiger partial charge in [0.15, 0.2) is 0 Å². The number of hydrogen-bond acceptors (Lipinski definition) is 3. The van der Waals surface area contributed by atoms with E-state index in [-0.39, 0.29) is 12.1 Å². The van der Waals surface area contributed by atoms with Crippen molar-refractivity contribution in [1.82, 2.24) is 5.32 Å². The van der Waals surface area contributed by atoms with Crippen LogP contribution in [0.5, 0.6) is 0 Å². The predicted octanol–water partition coefficient (Wildman–Crippen LogP) is 2.01. The standard InChI is InChI=1S/C11H19NO2/c1-4-10(13)7-12-9(3)11-6-5-8(2)14-11/h5-6,9-10,12-13H,4,7H2,1-3H3. The van der Waals surface area contributed by atoms with Gasteiger partial charge in [0.1, 0.15) is 11.5 Å². The highest BCUT2D eigenvalue weighted by Crippen LogP contribution is 2.15. The average Bonchev–Trinajstić information content (AvgIpc) is 2.60. The number of aryl methyl sites for hydroxylation is 1. The van der Waals surface area contributed by atoms with Crippen LogP contribution in [-0.2, 0) is 0 Å². The van der Waals surface area contributed by atoms with Gasteiger partial charge in [0.05, 0.1) is 12.1 Å². The van der Waals surface area contributed by atoms with E-state index in [1.807, 2.05) is 32.9 Å². The Morgan fingerprint density at radius 3 is 2.71 bits per heavy atom. The maximum atomic E-state index is 9.37. The molecule has 14 heavy (non-hydrogen) atoms.